The average Bonchev–Trinajstić information content (AvgIpc) is 2.61. The van der Waals surface area contributed by atoms with Gasteiger partial charge in [-0.25, -0.2) is 0 Å². The van der Waals surface area contributed by atoms with Crippen LogP contribution in [0.15, 0.2) is 24.3 Å². The van der Waals surface area contributed by atoms with Gasteiger partial charge in [0.05, 0.1) is 11.6 Å². The first-order valence-corrected chi connectivity index (χ1v) is 5.68. The van der Waals surface area contributed by atoms with E-state index in [4.69, 9.17) is 4.74 Å². The molecule has 0 spiro atoms. The molecular formula is C13H19NO2. The second kappa shape index (κ2) is 4.07. The highest BCUT2D eigenvalue weighted by Crippen LogP contribution is 2.32. The Bertz CT molecular complexity index is 370. The number of benzene rings is 1. The van der Waals surface area contributed by atoms with Crippen molar-refractivity contribution in [3.8, 4) is 5.75 Å². The predicted octanol–water partition coefficient (Wildman–Crippen LogP) is 1.87. The molecule has 1 aliphatic heterocycles. The summed E-state index contributed by atoms with van der Waals surface area (Å²) in [6.07, 6.45) is 0. The highest BCUT2D eigenvalue weighted by Gasteiger charge is 2.29. The standard InChI is InChI=1S/C13H19NO2/c1-9(13(2,3)15)14-11-8-16-12-7-5-4-6-10(11)12/h4-7,9,11,14-15H,8H2,1-3H3. The van der Waals surface area contributed by atoms with E-state index >= 15 is 0 Å². The lowest BCUT2D eigenvalue weighted by molar-refractivity contribution is 0.0386. The molecule has 3 heteroatoms. The zero-order valence-electron chi connectivity index (χ0n) is 10.0. The first-order chi connectivity index (χ1) is 7.48. The minimum absolute atomic E-state index is 0.0206. The van der Waals surface area contributed by atoms with E-state index in [1.54, 1.807) is 0 Å². The van der Waals surface area contributed by atoms with Gasteiger partial charge < -0.3 is 15.2 Å². The van der Waals surface area contributed by atoms with Crippen LogP contribution in [-0.4, -0.2) is 23.4 Å². The smallest absolute Gasteiger partial charge is 0.124 e. The molecule has 0 radical (unpaired) electrons. The summed E-state index contributed by atoms with van der Waals surface area (Å²) in [5, 5.41) is 13.3. The maximum absolute atomic E-state index is 9.89. The summed E-state index contributed by atoms with van der Waals surface area (Å²) >= 11 is 0. The molecule has 1 aliphatic rings. The maximum Gasteiger partial charge on any atom is 0.124 e. The molecule has 0 aromatic heterocycles. The lowest BCUT2D eigenvalue weighted by atomic mass is 9.98. The van der Waals surface area contributed by atoms with E-state index in [0.29, 0.717) is 6.61 Å². The van der Waals surface area contributed by atoms with Crippen molar-refractivity contribution in [2.75, 3.05) is 6.61 Å². The highest BCUT2D eigenvalue weighted by molar-refractivity contribution is 5.39. The fourth-order valence-corrected chi connectivity index (χ4v) is 1.81. The quantitative estimate of drug-likeness (QED) is 0.818. The van der Waals surface area contributed by atoms with Crippen molar-refractivity contribution in [1.82, 2.24) is 5.32 Å². The van der Waals surface area contributed by atoms with Gasteiger partial charge in [0.2, 0.25) is 0 Å². The molecule has 2 unspecified atom stereocenters. The van der Waals surface area contributed by atoms with Crippen LogP contribution in [0.25, 0.3) is 0 Å². The van der Waals surface area contributed by atoms with E-state index in [-0.39, 0.29) is 12.1 Å². The summed E-state index contributed by atoms with van der Waals surface area (Å²) in [6, 6.07) is 8.23. The highest BCUT2D eigenvalue weighted by atomic mass is 16.5. The molecule has 0 amide bonds. The fraction of sp³-hybridized carbons (Fsp3) is 0.538. The summed E-state index contributed by atoms with van der Waals surface area (Å²) in [6.45, 7) is 6.25. The number of nitrogens with one attached hydrogen (secondary N) is 1. The molecule has 88 valence electrons. The van der Waals surface area contributed by atoms with Gasteiger partial charge in [-0.1, -0.05) is 18.2 Å². The van der Waals surface area contributed by atoms with Crippen LogP contribution in [0, 0.1) is 0 Å². The molecule has 2 N–H and O–H groups in total. The third-order valence-corrected chi connectivity index (χ3v) is 3.21. The topological polar surface area (TPSA) is 41.5 Å². The van der Waals surface area contributed by atoms with Gasteiger partial charge in [-0.15, -0.1) is 0 Å². The summed E-state index contributed by atoms with van der Waals surface area (Å²) in [4.78, 5) is 0. The van der Waals surface area contributed by atoms with Crippen molar-refractivity contribution in [3.63, 3.8) is 0 Å². The predicted molar refractivity (Wildman–Crippen MR) is 63.6 cm³/mol. The van der Waals surface area contributed by atoms with Gasteiger partial charge in [-0.05, 0) is 26.8 Å². The van der Waals surface area contributed by atoms with Crippen molar-refractivity contribution < 1.29 is 9.84 Å². The van der Waals surface area contributed by atoms with Crippen LogP contribution < -0.4 is 10.1 Å². The average molecular weight is 221 g/mol. The number of aliphatic hydroxyl groups is 1. The summed E-state index contributed by atoms with van der Waals surface area (Å²) in [5.41, 5.74) is 0.455. The lowest BCUT2D eigenvalue weighted by Gasteiger charge is -2.29. The molecule has 16 heavy (non-hydrogen) atoms. The molecule has 0 bridgehead atoms. The summed E-state index contributed by atoms with van der Waals surface area (Å²) in [5.74, 6) is 0.947. The first-order valence-electron chi connectivity index (χ1n) is 5.68. The first kappa shape index (κ1) is 11.4. The second-order valence-corrected chi connectivity index (χ2v) is 4.94. The monoisotopic (exact) mass is 221 g/mol. The van der Waals surface area contributed by atoms with Crippen molar-refractivity contribution in [2.24, 2.45) is 0 Å². The molecular weight excluding hydrogens is 202 g/mol. The molecule has 2 rings (SSSR count). The molecule has 0 fully saturated rings. The third-order valence-electron chi connectivity index (χ3n) is 3.21. The van der Waals surface area contributed by atoms with Crippen molar-refractivity contribution in [2.45, 2.75) is 38.5 Å². The molecule has 1 heterocycles. The van der Waals surface area contributed by atoms with Crippen LogP contribution in [-0.2, 0) is 0 Å². The normalized spacial score (nSPS) is 21.4. The van der Waals surface area contributed by atoms with Crippen LogP contribution >= 0.6 is 0 Å². The van der Waals surface area contributed by atoms with E-state index in [9.17, 15) is 5.11 Å². The van der Waals surface area contributed by atoms with Crippen molar-refractivity contribution >= 4 is 0 Å². The number of hydrogen-bond donors (Lipinski definition) is 2. The number of ether oxygens (including phenoxy) is 1. The van der Waals surface area contributed by atoms with Gasteiger partial charge in [-0.2, -0.15) is 0 Å². The Morgan fingerprint density at radius 2 is 2.12 bits per heavy atom. The number of fused-ring (bicyclic) bond motifs is 1. The third kappa shape index (κ3) is 2.20. The Morgan fingerprint density at radius 3 is 2.81 bits per heavy atom. The molecule has 2 atom stereocenters. The Hall–Kier alpha value is -1.06. The largest absolute Gasteiger partial charge is 0.491 e. The van der Waals surface area contributed by atoms with Crippen LogP contribution in [0.3, 0.4) is 0 Å². The Kier molecular flexibility index (Phi) is 2.91. The van der Waals surface area contributed by atoms with Gasteiger partial charge >= 0.3 is 0 Å². The molecule has 3 nitrogen and oxygen atoms in total. The zero-order chi connectivity index (χ0) is 11.8. The van der Waals surface area contributed by atoms with E-state index in [2.05, 4.69) is 11.4 Å². The van der Waals surface area contributed by atoms with E-state index in [1.165, 1.54) is 5.56 Å². The molecule has 1 aromatic carbocycles. The minimum Gasteiger partial charge on any atom is -0.491 e. The molecule has 1 aromatic rings. The summed E-state index contributed by atoms with van der Waals surface area (Å²) in [7, 11) is 0. The Balaban J connectivity index is 2.09. The molecule has 0 saturated heterocycles. The minimum atomic E-state index is -0.725. The van der Waals surface area contributed by atoms with Crippen LogP contribution in [0.2, 0.25) is 0 Å². The van der Waals surface area contributed by atoms with E-state index in [1.807, 2.05) is 39.0 Å². The van der Waals surface area contributed by atoms with Gasteiger partial charge in [0, 0.05) is 11.6 Å². The van der Waals surface area contributed by atoms with Gasteiger partial charge in [-0.3, -0.25) is 0 Å². The van der Waals surface area contributed by atoms with Crippen LogP contribution in [0.5, 0.6) is 5.75 Å². The van der Waals surface area contributed by atoms with Crippen molar-refractivity contribution in [1.29, 1.82) is 0 Å². The SMILES string of the molecule is CC(NC1COc2ccccc21)C(C)(C)O. The maximum atomic E-state index is 9.89. The fourth-order valence-electron chi connectivity index (χ4n) is 1.81. The van der Waals surface area contributed by atoms with E-state index in [0.717, 1.165) is 5.75 Å². The van der Waals surface area contributed by atoms with Gasteiger partial charge in [0.15, 0.2) is 0 Å². The second-order valence-electron chi connectivity index (χ2n) is 4.94. The lowest BCUT2D eigenvalue weighted by Crippen LogP contribution is -2.46. The molecule has 0 aliphatic carbocycles. The van der Waals surface area contributed by atoms with Gasteiger partial charge in [0.25, 0.3) is 0 Å². The Morgan fingerprint density at radius 1 is 1.44 bits per heavy atom. The zero-order valence-corrected chi connectivity index (χ0v) is 10.0. The van der Waals surface area contributed by atoms with Crippen LogP contribution in [0.1, 0.15) is 32.4 Å². The number of rotatable bonds is 3. The molecule has 0 saturated carbocycles. The van der Waals surface area contributed by atoms with Gasteiger partial charge in [0.1, 0.15) is 12.4 Å². The van der Waals surface area contributed by atoms with Crippen LogP contribution in [0.4, 0.5) is 0 Å². The number of para-hydroxylation sites is 1. The van der Waals surface area contributed by atoms with E-state index < -0.39 is 5.60 Å². The Labute approximate surface area is 96.4 Å². The van der Waals surface area contributed by atoms with Crippen molar-refractivity contribution in [3.05, 3.63) is 29.8 Å². The summed E-state index contributed by atoms with van der Waals surface area (Å²) < 4.78 is 5.58. The number of hydrogen-bond acceptors (Lipinski definition) is 3.